The number of fused-ring (bicyclic) bond motifs is 1. The molecular weight excluding hydrogens is 190 g/mol. The predicted molar refractivity (Wildman–Crippen MR) is 59.5 cm³/mol. The fourth-order valence-corrected chi connectivity index (χ4v) is 1.58. The summed E-state index contributed by atoms with van der Waals surface area (Å²) in [5, 5.41) is 0. The fraction of sp³-hybridized carbons (Fsp3) is 0.333. The van der Waals surface area contributed by atoms with Crippen molar-refractivity contribution in [3.05, 3.63) is 35.4 Å². The first-order valence-electron chi connectivity index (χ1n) is 5.11. The zero-order valence-electron chi connectivity index (χ0n) is 9.04. The van der Waals surface area contributed by atoms with E-state index in [2.05, 4.69) is 13.0 Å². The molecule has 1 aromatic heterocycles. The minimum absolute atomic E-state index is 0.440. The molecule has 0 atom stereocenters. The fourth-order valence-electron chi connectivity index (χ4n) is 1.58. The average Bonchev–Trinajstić information content (AvgIpc) is 2.57. The lowest BCUT2D eigenvalue weighted by molar-refractivity contribution is 0.335. The van der Waals surface area contributed by atoms with E-state index in [0.717, 1.165) is 35.0 Å². The highest BCUT2D eigenvalue weighted by atomic mass is 16.5. The molecule has 2 heterocycles. The maximum absolute atomic E-state index is 5.89. The molecule has 2 rings (SSSR count). The molecule has 0 saturated heterocycles. The van der Waals surface area contributed by atoms with Crippen LogP contribution in [-0.2, 0) is 0 Å². The summed E-state index contributed by atoms with van der Waals surface area (Å²) < 4.78 is 11.0. The van der Waals surface area contributed by atoms with Gasteiger partial charge in [0.2, 0.25) is 0 Å². The van der Waals surface area contributed by atoms with E-state index in [1.807, 2.05) is 19.1 Å². The smallest absolute Gasteiger partial charge is 0.177 e. The van der Waals surface area contributed by atoms with Gasteiger partial charge in [-0.15, -0.1) is 0 Å². The third-order valence-corrected chi connectivity index (χ3v) is 2.32. The number of hydrogen-bond donors (Lipinski definition) is 1. The van der Waals surface area contributed by atoms with E-state index in [1.165, 1.54) is 0 Å². The Hall–Kier alpha value is -1.64. The van der Waals surface area contributed by atoms with Crippen LogP contribution in [0.15, 0.2) is 28.3 Å². The molecule has 15 heavy (non-hydrogen) atoms. The Morgan fingerprint density at radius 2 is 2.33 bits per heavy atom. The van der Waals surface area contributed by atoms with Gasteiger partial charge in [-0.1, -0.05) is 19.1 Å². The number of allylic oxidation sites excluding steroid dienone is 3. The second-order valence-electron chi connectivity index (χ2n) is 3.59. The molecular formula is C12H15NO2. The summed E-state index contributed by atoms with van der Waals surface area (Å²) in [5.41, 5.74) is 7.56. The molecule has 0 bridgehead atoms. The van der Waals surface area contributed by atoms with Crippen molar-refractivity contribution in [3.8, 4) is 5.75 Å². The van der Waals surface area contributed by atoms with Crippen molar-refractivity contribution >= 4 is 5.57 Å². The molecule has 0 spiro atoms. The molecule has 0 aromatic carbocycles. The highest BCUT2D eigenvalue weighted by Gasteiger charge is 2.20. The van der Waals surface area contributed by atoms with Crippen molar-refractivity contribution < 1.29 is 9.15 Å². The topological polar surface area (TPSA) is 48.4 Å². The van der Waals surface area contributed by atoms with E-state index in [4.69, 9.17) is 14.9 Å². The van der Waals surface area contributed by atoms with Crippen LogP contribution in [0, 0.1) is 6.92 Å². The highest BCUT2D eigenvalue weighted by molar-refractivity contribution is 5.78. The molecule has 1 aliphatic rings. The molecule has 3 nitrogen and oxygen atoms in total. The SMILES string of the molecule is CC/C=C\C1=C(N)COc2cc(C)oc21. The zero-order chi connectivity index (χ0) is 10.8. The first kappa shape index (κ1) is 9.90. The van der Waals surface area contributed by atoms with Crippen LogP contribution >= 0.6 is 0 Å². The Kier molecular flexibility index (Phi) is 2.54. The van der Waals surface area contributed by atoms with E-state index in [1.54, 1.807) is 0 Å². The quantitative estimate of drug-likeness (QED) is 0.807. The molecule has 1 aromatic rings. The first-order chi connectivity index (χ1) is 7.22. The largest absolute Gasteiger partial charge is 0.483 e. The van der Waals surface area contributed by atoms with Crippen LogP contribution < -0.4 is 10.5 Å². The Morgan fingerprint density at radius 1 is 1.53 bits per heavy atom. The van der Waals surface area contributed by atoms with Gasteiger partial charge in [0.1, 0.15) is 12.4 Å². The third kappa shape index (κ3) is 1.77. The number of hydrogen-bond acceptors (Lipinski definition) is 3. The lowest BCUT2D eigenvalue weighted by Gasteiger charge is -2.15. The van der Waals surface area contributed by atoms with Crippen molar-refractivity contribution in [2.45, 2.75) is 20.3 Å². The minimum Gasteiger partial charge on any atom is -0.483 e. The summed E-state index contributed by atoms with van der Waals surface area (Å²) in [5.74, 6) is 2.38. The van der Waals surface area contributed by atoms with Gasteiger partial charge in [0.15, 0.2) is 11.5 Å². The van der Waals surface area contributed by atoms with Gasteiger partial charge in [-0.25, -0.2) is 0 Å². The van der Waals surface area contributed by atoms with Crippen molar-refractivity contribution in [2.75, 3.05) is 6.61 Å². The number of nitrogens with two attached hydrogens (primary N) is 1. The van der Waals surface area contributed by atoms with Gasteiger partial charge in [0.05, 0.1) is 5.70 Å². The Morgan fingerprint density at radius 3 is 3.07 bits per heavy atom. The average molecular weight is 205 g/mol. The molecule has 0 radical (unpaired) electrons. The molecule has 0 amide bonds. The van der Waals surface area contributed by atoms with Gasteiger partial charge in [-0.3, -0.25) is 0 Å². The van der Waals surface area contributed by atoms with Gasteiger partial charge < -0.3 is 14.9 Å². The standard InChI is InChI=1S/C12H15NO2/c1-3-4-5-9-10(13)7-14-11-6-8(2)15-12(9)11/h4-6H,3,7,13H2,1-2H3/b5-4-. The van der Waals surface area contributed by atoms with Crippen molar-refractivity contribution in [1.29, 1.82) is 0 Å². The van der Waals surface area contributed by atoms with Crippen molar-refractivity contribution in [2.24, 2.45) is 5.73 Å². The summed E-state index contributed by atoms with van der Waals surface area (Å²) in [7, 11) is 0. The van der Waals surface area contributed by atoms with Crippen LogP contribution in [0.1, 0.15) is 24.9 Å². The van der Waals surface area contributed by atoms with Gasteiger partial charge in [0.25, 0.3) is 0 Å². The van der Waals surface area contributed by atoms with Crippen LogP contribution in [0.5, 0.6) is 5.75 Å². The monoisotopic (exact) mass is 205 g/mol. The van der Waals surface area contributed by atoms with E-state index < -0.39 is 0 Å². The van der Waals surface area contributed by atoms with Crippen molar-refractivity contribution in [1.82, 2.24) is 0 Å². The number of ether oxygens (including phenoxy) is 1. The molecule has 2 N–H and O–H groups in total. The maximum atomic E-state index is 5.89. The third-order valence-electron chi connectivity index (χ3n) is 2.32. The highest BCUT2D eigenvalue weighted by Crippen LogP contribution is 2.35. The van der Waals surface area contributed by atoms with Gasteiger partial charge in [-0.2, -0.15) is 0 Å². The van der Waals surface area contributed by atoms with Gasteiger partial charge in [0, 0.05) is 11.6 Å². The molecule has 0 unspecified atom stereocenters. The van der Waals surface area contributed by atoms with Crippen LogP contribution in [0.25, 0.3) is 5.57 Å². The summed E-state index contributed by atoms with van der Waals surface area (Å²) in [4.78, 5) is 0. The summed E-state index contributed by atoms with van der Waals surface area (Å²) in [6, 6.07) is 1.89. The number of aryl methyl sites for hydroxylation is 1. The van der Waals surface area contributed by atoms with Crippen LogP contribution in [-0.4, -0.2) is 6.61 Å². The Balaban J connectivity index is 2.45. The molecule has 0 fully saturated rings. The van der Waals surface area contributed by atoms with E-state index in [0.29, 0.717) is 6.61 Å². The number of rotatable bonds is 2. The summed E-state index contributed by atoms with van der Waals surface area (Å²) in [6.07, 6.45) is 5.04. The second kappa shape index (κ2) is 3.85. The summed E-state index contributed by atoms with van der Waals surface area (Å²) >= 11 is 0. The molecule has 0 aliphatic carbocycles. The maximum Gasteiger partial charge on any atom is 0.177 e. The van der Waals surface area contributed by atoms with Gasteiger partial charge >= 0.3 is 0 Å². The Labute approximate surface area is 89.2 Å². The molecule has 1 aliphatic heterocycles. The lowest BCUT2D eigenvalue weighted by atomic mass is 10.1. The number of furan rings is 1. The second-order valence-corrected chi connectivity index (χ2v) is 3.59. The summed E-state index contributed by atoms with van der Waals surface area (Å²) in [6.45, 7) is 4.43. The molecule has 80 valence electrons. The van der Waals surface area contributed by atoms with E-state index in [-0.39, 0.29) is 0 Å². The van der Waals surface area contributed by atoms with E-state index >= 15 is 0 Å². The molecule has 0 saturated carbocycles. The van der Waals surface area contributed by atoms with Crippen LogP contribution in [0.3, 0.4) is 0 Å². The normalized spacial score (nSPS) is 15.6. The van der Waals surface area contributed by atoms with E-state index in [9.17, 15) is 0 Å². The lowest BCUT2D eigenvalue weighted by Crippen LogP contribution is -2.15. The van der Waals surface area contributed by atoms with Crippen molar-refractivity contribution in [3.63, 3.8) is 0 Å². The minimum atomic E-state index is 0.440. The zero-order valence-corrected chi connectivity index (χ0v) is 9.04. The predicted octanol–water partition coefficient (Wildman–Crippen LogP) is 2.62. The van der Waals surface area contributed by atoms with Crippen LogP contribution in [0.2, 0.25) is 0 Å². The van der Waals surface area contributed by atoms with Crippen LogP contribution in [0.4, 0.5) is 0 Å². The van der Waals surface area contributed by atoms with Gasteiger partial charge in [-0.05, 0) is 13.3 Å². The molecule has 3 heteroatoms. The Bertz CT molecular complexity index is 427. The first-order valence-corrected chi connectivity index (χ1v) is 5.11.